The van der Waals surface area contributed by atoms with Crippen LogP contribution in [0.15, 0.2) is 60.7 Å². The zero-order valence-corrected chi connectivity index (χ0v) is 13.7. The van der Waals surface area contributed by atoms with E-state index in [2.05, 4.69) is 5.32 Å². The third kappa shape index (κ3) is 3.97. The van der Waals surface area contributed by atoms with E-state index in [-0.39, 0.29) is 17.9 Å². The summed E-state index contributed by atoms with van der Waals surface area (Å²) >= 11 is 0. The summed E-state index contributed by atoms with van der Waals surface area (Å²) in [5.74, 6) is -2.03. The van der Waals surface area contributed by atoms with Crippen molar-refractivity contribution >= 4 is 22.6 Å². The first-order valence-electron chi connectivity index (χ1n) is 7.93. The Labute approximate surface area is 149 Å². The van der Waals surface area contributed by atoms with Crippen molar-refractivity contribution in [2.24, 2.45) is 0 Å². The fourth-order valence-electron chi connectivity index (χ4n) is 2.49. The first-order valence-corrected chi connectivity index (χ1v) is 7.93. The van der Waals surface area contributed by atoms with Gasteiger partial charge in [0.25, 0.3) is 5.91 Å². The smallest absolute Gasteiger partial charge is 0.342 e. The van der Waals surface area contributed by atoms with Crippen molar-refractivity contribution in [2.45, 2.75) is 6.54 Å². The Morgan fingerprint density at radius 1 is 1.00 bits per heavy atom. The molecule has 0 saturated heterocycles. The highest BCUT2D eigenvalue weighted by molar-refractivity contribution is 5.99. The van der Waals surface area contributed by atoms with Crippen LogP contribution in [0.25, 0.3) is 10.8 Å². The highest BCUT2D eigenvalue weighted by atomic mass is 19.1. The van der Waals surface area contributed by atoms with Gasteiger partial charge in [-0.05, 0) is 29.0 Å². The van der Waals surface area contributed by atoms with Gasteiger partial charge in [0.1, 0.15) is 17.1 Å². The average Bonchev–Trinajstić information content (AvgIpc) is 2.65. The molecule has 26 heavy (non-hydrogen) atoms. The second-order valence-electron chi connectivity index (χ2n) is 5.66. The molecule has 3 aromatic carbocycles. The summed E-state index contributed by atoms with van der Waals surface area (Å²) in [6.07, 6.45) is 0. The molecule has 3 aromatic rings. The van der Waals surface area contributed by atoms with Crippen LogP contribution in [0, 0.1) is 5.82 Å². The number of amides is 1. The molecule has 0 radical (unpaired) electrons. The van der Waals surface area contributed by atoms with E-state index in [0.717, 1.165) is 10.8 Å². The molecule has 0 spiro atoms. The molecule has 0 atom stereocenters. The summed E-state index contributed by atoms with van der Waals surface area (Å²) in [4.78, 5) is 23.9. The number of nitrogens with one attached hydrogen (secondary N) is 1. The number of ether oxygens (including phenoxy) is 1. The molecule has 0 unspecified atom stereocenters. The van der Waals surface area contributed by atoms with Crippen LogP contribution in [-0.2, 0) is 16.1 Å². The topological polar surface area (TPSA) is 75.6 Å². The van der Waals surface area contributed by atoms with Crippen molar-refractivity contribution in [1.82, 2.24) is 5.32 Å². The normalized spacial score (nSPS) is 10.5. The number of phenols is 1. The lowest BCUT2D eigenvalue weighted by molar-refractivity contribution is -0.124. The molecule has 0 aromatic heterocycles. The van der Waals surface area contributed by atoms with Gasteiger partial charge in [0.2, 0.25) is 0 Å². The summed E-state index contributed by atoms with van der Waals surface area (Å²) in [5.41, 5.74) is 0.310. The standard InChI is InChI=1S/C20H16FNO4/c21-17-8-4-3-7-15(17)11-22-19(24)12-26-20(25)16-9-13-5-1-2-6-14(13)10-18(16)23/h1-10,23H,11-12H2,(H,22,24). The first kappa shape index (κ1) is 17.4. The Morgan fingerprint density at radius 2 is 1.65 bits per heavy atom. The third-order valence-corrected chi connectivity index (χ3v) is 3.85. The summed E-state index contributed by atoms with van der Waals surface area (Å²) in [7, 11) is 0. The molecular weight excluding hydrogens is 337 g/mol. The summed E-state index contributed by atoms with van der Waals surface area (Å²) in [5, 5.41) is 14.0. The lowest BCUT2D eigenvalue weighted by atomic mass is 10.1. The molecule has 0 aliphatic rings. The summed E-state index contributed by atoms with van der Waals surface area (Å²) in [6.45, 7) is -0.538. The molecule has 0 bridgehead atoms. The van der Waals surface area contributed by atoms with Crippen LogP contribution in [0.3, 0.4) is 0 Å². The second kappa shape index (κ2) is 7.65. The predicted octanol–water partition coefficient (Wildman–Crippen LogP) is 3.16. The maximum Gasteiger partial charge on any atom is 0.342 e. The van der Waals surface area contributed by atoms with Gasteiger partial charge < -0.3 is 15.2 Å². The minimum atomic E-state index is -0.811. The average molecular weight is 353 g/mol. The summed E-state index contributed by atoms with van der Waals surface area (Å²) in [6, 6.07) is 16.3. The van der Waals surface area contributed by atoms with Crippen molar-refractivity contribution in [3.8, 4) is 5.75 Å². The number of aromatic hydroxyl groups is 1. The zero-order valence-electron chi connectivity index (χ0n) is 13.7. The van der Waals surface area contributed by atoms with Crippen LogP contribution in [0.4, 0.5) is 4.39 Å². The largest absolute Gasteiger partial charge is 0.507 e. The number of esters is 1. The lowest BCUT2D eigenvalue weighted by Crippen LogP contribution is -2.28. The first-order chi connectivity index (χ1) is 12.5. The molecule has 132 valence electrons. The van der Waals surface area contributed by atoms with E-state index in [4.69, 9.17) is 4.74 Å². The van der Waals surface area contributed by atoms with Gasteiger partial charge in [-0.15, -0.1) is 0 Å². The predicted molar refractivity (Wildman–Crippen MR) is 94.1 cm³/mol. The van der Waals surface area contributed by atoms with Crippen molar-refractivity contribution in [3.63, 3.8) is 0 Å². The minimum Gasteiger partial charge on any atom is -0.507 e. The Bertz CT molecular complexity index is 971. The molecule has 3 rings (SSSR count). The van der Waals surface area contributed by atoms with E-state index in [1.165, 1.54) is 18.2 Å². The highest BCUT2D eigenvalue weighted by Crippen LogP contribution is 2.25. The highest BCUT2D eigenvalue weighted by Gasteiger charge is 2.15. The van der Waals surface area contributed by atoms with Gasteiger partial charge in [-0.2, -0.15) is 0 Å². The molecular formula is C20H16FNO4. The Morgan fingerprint density at radius 3 is 2.38 bits per heavy atom. The molecule has 0 aliphatic carbocycles. The van der Waals surface area contributed by atoms with Crippen LogP contribution >= 0.6 is 0 Å². The van der Waals surface area contributed by atoms with E-state index < -0.39 is 24.3 Å². The number of phenolic OH excluding ortho intramolecular Hbond substituents is 1. The van der Waals surface area contributed by atoms with Gasteiger partial charge in [0.15, 0.2) is 6.61 Å². The van der Waals surface area contributed by atoms with E-state index in [1.807, 2.05) is 12.1 Å². The fourth-order valence-corrected chi connectivity index (χ4v) is 2.49. The van der Waals surface area contributed by atoms with E-state index >= 15 is 0 Å². The third-order valence-electron chi connectivity index (χ3n) is 3.85. The number of halogens is 1. The van der Waals surface area contributed by atoms with Gasteiger partial charge in [0, 0.05) is 12.1 Å². The molecule has 5 nitrogen and oxygen atoms in total. The molecule has 6 heteroatoms. The monoisotopic (exact) mass is 353 g/mol. The number of carbonyl (C=O) groups is 2. The molecule has 0 fully saturated rings. The molecule has 0 heterocycles. The maximum atomic E-state index is 13.5. The zero-order chi connectivity index (χ0) is 18.5. The molecule has 2 N–H and O–H groups in total. The Kier molecular flexibility index (Phi) is 5.12. The van der Waals surface area contributed by atoms with Gasteiger partial charge in [0.05, 0.1) is 0 Å². The number of benzene rings is 3. The minimum absolute atomic E-state index is 0.00964. The molecule has 0 aliphatic heterocycles. The number of hydrogen-bond donors (Lipinski definition) is 2. The van der Waals surface area contributed by atoms with E-state index in [0.29, 0.717) is 5.56 Å². The number of fused-ring (bicyclic) bond motifs is 1. The molecule has 0 saturated carbocycles. The van der Waals surface area contributed by atoms with Gasteiger partial charge >= 0.3 is 5.97 Å². The van der Waals surface area contributed by atoms with Crippen LogP contribution in [0.5, 0.6) is 5.75 Å². The van der Waals surface area contributed by atoms with Crippen LogP contribution in [0.1, 0.15) is 15.9 Å². The lowest BCUT2D eigenvalue weighted by Gasteiger charge is -2.09. The SMILES string of the molecule is O=C(COC(=O)c1cc2ccccc2cc1O)NCc1ccccc1F. The number of hydrogen-bond acceptors (Lipinski definition) is 4. The second-order valence-corrected chi connectivity index (χ2v) is 5.66. The number of rotatable bonds is 5. The number of carbonyl (C=O) groups excluding carboxylic acids is 2. The molecule has 1 amide bonds. The van der Waals surface area contributed by atoms with Crippen molar-refractivity contribution < 1.29 is 23.8 Å². The quantitative estimate of drug-likeness (QED) is 0.691. The van der Waals surface area contributed by atoms with E-state index in [9.17, 15) is 19.1 Å². The maximum absolute atomic E-state index is 13.5. The Hall–Kier alpha value is -3.41. The van der Waals surface area contributed by atoms with Gasteiger partial charge in [-0.25, -0.2) is 9.18 Å². The van der Waals surface area contributed by atoms with Gasteiger partial charge in [-0.1, -0.05) is 42.5 Å². The van der Waals surface area contributed by atoms with Gasteiger partial charge in [-0.3, -0.25) is 4.79 Å². The fraction of sp³-hybridized carbons (Fsp3) is 0.100. The van der Waals surface area contributed by atoms with E-state index in [1.54, 1.807) is 30.3 Å². The van der Waals surface area contributed by atoms with Crippen LogP contribution < -0.4 is 5.32 Å². The van der Waals surface area contributed by atoms with Crippen LogP contribution in [-0.4, -0.2) is 23.6 Å². The van der Waals surface area contributed by atoms with Crippen molar-refractivity contribution in [1.29, 1.82) is 0 Å². The van der Waals surface area contributed by atoms with Crippen molar-refractivity contribution in [2.75, 3.05) is 6.61 Å². The summed E-state index contributed by atoms with van der Waals surface area (Å²) < 4.78 is 18.4. The van der Waals surface area contributed by atoms with Crippen LogP contribution in [0.2, 0.25) is 0 Å². The Balaban J connectivity index is 1.59. The van der Waals surface area contributed by atoms with Crippen molar-refractivity contribution in [3.05, 3.63) is 77.6 Å².